The number of aliphatic hydroxyl groups is 1. The molecule has 1 heterocycles. The van der Waals surface area contributed by atoms with Crippen LogP contribution in [0.25, 0.3) is 0 Å². The molecule has 1 saturated carbocycles. The molecule has 1 unspecified atom stereocenters. The number of rotatable bonds is 6. The first kappa shape index (κ1) is 15.6. The van der Waals surface area contributed by atoms with E-state index in [2.05, 4.69) is 15.6 Å². The van der Waals surface area contributed by atoms with Gasteiger partial charge in [-0.1, -0.05) is 6.07 Å². The Bertz CT molecular complexity index is 459. The number of nitrogens with zero attached hydrogens (tertiary/aromatic N) is 1. The van der Waals surface area contributed by atoms with E-state index in [4.69, 9.17) is 9.84 Å². The van der Waals surface area contributed by atoms with Gasteiger partial charge in [-0.3, -0.25) is 0 Å². The van der Waals surface area contributed by atoms with Crippen molar-refractivity contribution in [3.8, 4) is 5.88 Å². The van der Waals surface area contributed by atoms with Crippen molar-refractivity contribution in [1.82, 2.24) is 15.6 Å². The predicted octanol–water partition coefficient (Wildman–Crippen LogP) is 1.58. The van der Waals surface area contributed by atoms with Crippen LogP contribution in [0.4, 0.5) is 4.79 Å². The largest absolute Gasteiger partial charge is 0.474 e. The highest BCUT2D eigenvalue weighted by molar-refractivity contribution is 5.73. The summed E-state index contributed by atoms with van der Waals surface area (Å²) in [4.78, 5) is 15.8. The van der Waals surface area contributed by atoms with Gasteiger partial charge in [-0.25, -0.2) is 9.78 Å². The van der Waals surface area contributed by atoms with Gasteiger partial charge in [0, 0.05) is 24.8 Å². The second-order valence-corrected chi connectivity index (χ2v) is 5.40. The van der Waals surface area contributed by atoms with E-state index in [1.165, 1.54) is 12.8 Å². The van der Waals surface area contributed by atoms with Crippen LogP contribution >= 0.6 is 0 Å². The van der Waals surface area contributed by atoms with Crippen LogP contribution in [0.15, 0.2) is 18.3 Å². The lowest BCUT2D eigenvalue weighted by Crippen LogP contribution is -2.38. The molecule has 1 aliphatic rings. The third-order valence-electron chi connectivity index (χ3n) is 3.43. The zero-order valence-electron chi connectivity index (χ0n) is 12.3. The predicted molar refractivity (Wildman–Crippen MR) is 79.0 cm³/mol. The van der Waals surface area contributed by atoms with Crippen LogP contribution in [0.5, 0.6) is 5.88 Å². The number of hydrogen-bond acceptors (Lipinski definition) is 4. The van der Waals surface area contributed by atoms with Crippen LogP contribution in [0.2, 0.25) is 0 Å². The van der Waals surface area contributed by atoms with E-state index in [-0.39, 0.29) is 18.7 Å². The maximum atomic E-state index is 11.6. The molecule has 0 aliphatic heterocycles. The summed E-state index contributed by atoms with van der Waals surface area (Å²) in [6, 6.07) is 3.41. The molecule has 1 aromatic heterocycles. The SMILES string of the molecule is CC(O)CNC(=O)NCc1cccnc1OC1CCCC1. The first-order valence-corrected chi connectivity index (χ1v) is 7.45. The molecule has 116 valence electrons. The summed E-state index contributed by atoms with van der Waals surface area (Å²) in [6.07, 6.45) is 5.91. The number of ether oxygens (including phenoxy) is 1. The monoisotopic (exact) mass is 293 g/mol. The average molecular weight is 293 g/mol. The molecular formula is C15H23N3O3. The van der Waals surface area contributed by atoms with Crippen LogP contribution in [0.3, 0.4) is 0 Å². The summed E-state index contributed by atoms with van der Waals surface area (Å²) in [7, 11) is 0. The second-order valence-electron chi connectivity index (χ2n) is 5.40. The molecule has 0 aromatic carbocycles. The van der Waals surface area contributed by atoms with Crippen molar-refractivity contribution in [2.45, 2.75) is 51.4 Å². The molecule has 3 N–H and O–H groups in total. The van der Waals surface area contributed by atoms with E-state index in [9.17, 15) is 4.79 Å². The Balaban J connectivity index is 1.85. The van der Waals surface area contributed by atoms with Gasteiger partial charge in [0.25, 0.3) is 0 Å². The Labute approximate surface area is 124 Å². The van der Waals surface area contributed by atoms with Crippen molar-refractivity contribution >= 4 is 6.03 Å². The normalized spacial score (nSPS) is 16.5. The minimum atomic E-state index is -0.560. The molecule has 2 rings (SSSR count). The first-order valence-electron chi connectivity index (χ1n) is 7.45. The van der Waals surface area contributed by atoms with E-state index in [0.717, 1.165) is 18.4 Å². The van der Waals surface area contributed by atoms with Gasteiger partial charge in [0.2, 0.25) is 5.88 Å². The molecule has 0 radical (unpaired) electrons. The van der Waals surface area contributed by atoms with E-state index >= 15 is 0 Å². The average Bonchev–Trinajstić information content (AvgIpc) is 2.97. The number of hydrogen-bond donors (Lipinski definition) is 3. The van der Waals surface area contributed by atoms with Gasteiger partial charge in [-0.2, -0.15) is 0 Å². The zero-order chi connectivity index (χ0) is 15.1. The number of carbonyl (C=O) groups excluding carboxylic acids is 1. The lowest BCUT2D eigenvalue weighted by molar-refractivity contribution is 0.187. The first-order chi connectivity index (χ1) is 10.1. The molecule has 1 atom stereocenters. The van der Waals surface area contributed by atoms with Crippen LogP contribution in [0, 0.1) is 0 Å². The van der Waals surface area contributed by atoms with Gasteiger partial charge in [0.15, 0.2) is 0 Å². The summed E-state index contributed by atoms with van der Waals surface area (Å²) < 4.78 is 5.91. The number of pyridine rings is 1. The minimum Gasteiger partial charge on any atom is -0.474 e. The van der Waals surface area contributed by atoms with E-state index < -0.39 is 6.10 Å². The van der Waals surface area contributed by atoms with Crippen LogP contribution in [-0.4, -0.2) is 34.9 Å². The molecular weight excluding hydrogens is 270 g/mol. The molecule has 6 nitrogen and oxygen atoms in total. The van der Waals surface area contributed by atoms with Gasteiger partial charge in [0.1, 0.15) is 6.10 Å². The van der Waals surface area contributed by atoms with Crippen LogP contribution in [0.1, 0.15) is 38.2 Å². The lowest BCUT2D eigenvalue weighted by atomic mass is 10.2. The molecule has 1 aliphatic carbocycles. The number of aromatic nitrogens is 1. The quantitative estimate of drug-likeness (QED) is 0.743. The summed E-state index contributed by atoms with van der Waals surface area (Å²) in [5, 5.41) is 14.4. The maximum absolute atomic E-state index is 11.6. The molecule has 6 heteroatoms. The van der Waals surface area contributed by atoms with Crippen molar-refractivity contribution in [2.75, 3.05) is 6.54 Å². The maximum Gasteiger partial charge on any atom is 0.315 e. The Morgan fingerprint density at radius 2 is 2.24 bits per heavy atom. The van der Waals surface area contributed by atoms with Gasteiger partial charge in [-0.05, 0) is 38.7 Å². The number of carbonyl (C=O) groups is 1. The van der Waals surface area contributed by atoms with Gasteiger partial charge >= 0.3 is 6.03 Å². The third-order valence-corrected chi connectivity index (χ3v) is 3.43. The second kappa shape index (κ2) is 7.83. The number of aliphatic hydroxyl groups excluding tert-OH is 1. The number of amides is 2. The van der Waals surface area contributed by atoms with Gasteiger partial charge in [-0.15, -0.1) is 0 Å². The Morgan fingerprint density at radius 3 is 2.95 bits per heavy atom. The fourth-order valence-electron chi connectivity index (χ4n) is 2.31. The zero-order valence-corrected chi connectivity index (χ0v) is 12.3. The fourth-order valence-corrected chi connectivity index (χ4v) is 2.31. The highest BCUT2D eigenvalue weighted by Gasteiger charge is 2.18. The summed E-state index contributed by atoms with van der Waals surface area (Å²) in [5.74, 6) is 0.597. The standard InChI is InChI=1S/C15H23N3O3/c1-11(19)9-17-15(20)18-10-12-5-4-8-16-14(12)21-13-6-2-3-7-13/h4-5,8,11,13,19H,2-3,6-7,9-10H2,1H3,(H2,17,18,20). The van der Waals surface area contributed by atoms with Crippen molar-refractivity contribution in [2.24, 2.45) is 0 Å². The van der Waals surface area contributed by atoms with Crippen molar-refractivity contribution in [1.29, 1.82) is 0 Å². The molecule has 1 aromatic rings. The van der Waals surface area contributed by atoms with Gasteiger partial charge < -0.3 is 20.5 Å². The molecule has 0 saturated heterocycles. The van der Waals surface area contributed by atoms with Crippen molar-refractivity contribution in [3.05, 3.63) is 23.9 Å². The van der Waals surface area contributed by atoms with Crippen LogP contribution < -0.4 is 15.4 Å². The van der Waals surface area contributed by atoms with Crippen LogP contribution in [-0.2, 0) is 6.54 Å². The summed E-state index contributed by atoms with van der Waals surface area (Å²) in [5.41, 5.74) is 0.858. The third kappa shape index (κ3) is 5.23. The summed E-state index contributed by atoms with van der Waals surface area (Å²) >= 11 is 0. The van der Waals surface area contributed by atoms with Crippen molar-refractivity contribution in [3.63, 3.8) is 0 Å². The highest BCUT2D eigenvalue weighted by atomic mass is 16.5. The number of urea groups is 1. The Hall–Kier alpha value is -1.82. The molecule has 1 fully saturated rings. The summed E-state index contributed by atoms with van der Waals surface area (Å²) in [6.45, 7) is 2.20. The van der Waals surface area contributed by atoms with E-state index in [1.807, 2.05) is 12.1 Å². The molecule has 2 amide bonds. The Morgan fingerprint density at radius 1 is 1.48 bits per heavy atom. The highest BCUT2D eigenvalue weighted by Crippen LogP contribution is 2.24. The molecule has 0 spiro atoms. The van der Waals surface area contributed by atoms with E-state index in [0.29, 0.717) is 12.4 Å². The fraction of sp³-hybridized carbons (Fsp3) is 0.600. The smallest absolute Gasteiger partial charge is 0.315 e. The van der Waals surface area contributed by atoms with Crippen molar-refractivity contribution < 1.29 is 14.6 Å². The minimum absolute atomic E-state index is 0.226. The van der Waals surface area contributed by atoms with Gasteiger partial charge in [0.05, 0.1) is 6.10 Å². The molecule has 0 bridgehead atoms. The van der Waals surface area contributed by atoms with E-state index in [1.54, 1.807) is 13.1 Å². The molecule has 21 heavy (non-hydrogen) atoms. The number of nitrogens with one attached hydrogen (secondary N) is 2. The lowest BCUT2D eigenvalue weighted by Gasteiger charge is -2.15. The Kier molecular flexibility index (Phi) is 5.80. The topological polar surface area (TPSA) is 83.5 Å².